The van der Waals surface area contributed by atoms with Crippen LogP contribution in [-0.4, -0.2) is 16.9 Å². The summed E-state index contributed by atoms with van der Waals surface area (Å²) >= 11 is 7.05. The average Bonchev–Trinajstić information content (AvgIpc) is 3.06. The van der Waals surface area contributed by atoms with Crippen molar-refractivity contribution < 1.29 is 4.74 Å². The van der Waals surface area contributed by atoms with E-state index in [2.05, 4.69) is 104 Å². The minimum absolute atomic E-state index is 0.687. The third kappa shape index (κ3) is 4.31. The monoisotopic (exact) mass is 510 g/mol. The number of nitrogens with zero attached hydrogens (tertiary/aromatic N) is 2. The first-order valence-electron chi connectivity index (χ1n) is 9.27. The third-order valence-corrected chi connectivity index (χ3v) is 5.97. The molecule has 29 heavy (non-hydrogen) atoms. The lowest BCUT2D eigenvalue weighted by molar-refractivity contribution is 0.414. The molecule has 0 aliphatic rings. The molecule has 0 N–H and O–H groups in total. The first-order valence-corrected chi connectivity index (χ1v) is 10.9. The Balaban J connectivity index is 1.81. The van der Waals surface area contributed by atoms with Gasteiger partial charge in [-0.1, -0.05) is 68.3 Å². The molecular formula is C24H20Br2N2O. The molecule has 5 heteroatoms. The molecule has 4 aromatic rings. The largest absolute Gasteiger partial charge is 0.497 e. The van der Waals surface area contributed by atoms with E-state index in [1.54, 1.807) is 7.11 Å². The summed E-state index contributed by atoms with van der Waals surface area (Å²) < 4.78 is 9.50. The van der Waals surface area contributed by atoms with Gasteiger partial charge in [-0.05, 0) is 48.9 Å². The molecule has 0 amide bonds. The van der Waals surface area contributed by atoms with Gasteiger partial charge in [0, 0.05) is 25.6 Å². The number of hydrogen-bond acceptors (Lipinski definition) is 2. The van der Waals surface area contributed by atoms with Crippen molar-refractivity contribution in [1.82, 2.24) is 9.78 Å². The summed E-state index contributed by atoms with van der Waals surface area (Å²) in [6.45, 7) is 2.83. The van der Waals surface area contributed by atoms with Crippen molar-refractivity contribution >= 4 is 31.9 Å². The van der Waals surface area contributed by atoms with Crippen molar-refractivity contribution in [2.45, 2.75) is 13.5 Å². The standard InChI is InChI=1S/C24H20Br2N2O/c1-16-23(18-5-9-20(25)10-6-18)27-28(15-17-3-13-22(29-2)14-4-17)24(16)19-7-11-21(26)12-8-19/h3-14H,15H2,1-2H3. The van der Waals surface area contributed by atoms with Gasteiger partial charge in [-0.25, -0.2) is 0 Å². The van der Waals surface area contributed by atoms with E-state index in [0.717, 1.165) is 37.2 Å². The van der Waals surface area contributed by atoms with E-state index >= 15 is 0 Å². The lowest BCUT2D eigenvalue weighted by atomic mass is 10.0. The van der Waals surface area contributed by atoms with Crippen molar-refractivity contribution in [3.8, 4) is 28.3 Å². The zero-order valence-electron chi connectivity index (χ0n) is 16.2. The minimum Gasteiger partial charge on any atom is -0.497 e. The van der Waals surface area contributed by atoms with Crippen LogP contribution in [0.1, 0.15) is 11.1 Å². The number of halogens is 2. The highest BCUT2D eigenvalue weighted by Crippen LogP contribution is 2.33. The van der Waals surface area contributed by atoms with Gasteiger partial charge in [-0.15, -0.1) is 0 Å². The molecule has 0 spiro atoms. The fourth-order valence-electron chi connectivity index (χ4n) is 3.43. The summed E-state index contributed by atoms with van der Waals surface area (Å²) in [6, 6.07) is 24.8. The molecule has 4 rings (SSSR count). The van der Waals surface area contributed by atoms with Gasteiger partial charge < -0.3 is 4.74 Å². The van der Waals surface area contributed by atoms with Crippen LogP contribution in [-0.2, 0) is 6.54 Å². The topological polar surface area (TPSA) is 27.1 Å². The molecule has 0 aliphatic carbocycles. The molecule has 3 nitrogen and oxygen atoms in total. The number of ether oxygens (including phenoxy) is 1. The molecule has 0 atom stereocenters. The van der Waals surface area contributed by atoms with Crippen LogP contribution in [0, 0.1) is 6.92 Å². The first kappa shape index (κ1) is 19.9. The molecule has 146 valence electrons. The predicted octanol–water partition coefficient (Wildman–Crippen LogP) is 7.11. The molecule has 0 aliphatic heterocycles. The van der Waals surface area contributed by atoms with Crippen molar-refractivity contribution in [2.75, 3.05) is 7.11 Å². The highest BCUT2D eigenvalue weighted by Gasteiger charge is 2.18. The second-order valence-electron chi connectivity index (χ2n) is 6.84. The average molecular weight is 512 g/mol. The molecule has 0 bridgehead atoms. The normalized spacial score (nSPS) is 10.9. The van der Waals surface area contributed by atoms with E-state index in [-0.39, 0.29) is 0 Å². The summed E-state index contributed by atoms with van der Waals surface area (Å²) in [5.41, 5.74) is 6.74. The molecular weight excluding hydrogens is 492 g/mol. The highest BCUT2D eigenvalue weighted by atomic mass is 79.9. The Kier molecular flexibility index (Phi) is 5.88. The molecule has 1 aromatic heterocycles. The van der Waals surface area contributed by atoms with Crippen molar-refractivity contribution in [1.29, 1.82) is 0 Å². The molecule has 3 aromatic carbocycles. The number of hydrogen-bond donors (Lipinski definition) is 0. The second-order valence-corrected chi connectivity index (χ2v) is 8.67. The minimum atomic E-state index is 0.687. The maximum Gasteiger partial charge on any atom is 0.118 e. The van der Waals surface area contributed by atoms with Crippen LogP contribution in [0.2, 0.25) is 0 Å². The zero-order valence-corrected chi connectivity index (χ0v) is 19.4. The predicted molar refractivity (Wildman–Crippen MR) is 125 cm³/mol. The third-order valence-electron chi connectivity index (χ3n) is 4.92. The second kappa shape index (κ2) is 8.56. The maximum absolute atomic E-state index is 5.28. The van der Waals surface area contributed by atoms with E-state index in [1.165, 1.54) is 11.1 Å². The van der Waals surface area contributed by atoms with E-state index in [9.17, 15) is 0 Å². The number of benzene rings is 3. The van der Waals surface area contributed by atoms with Crippen LogP contribution in [0.3, 0.4) is 0 Å². The Labute approximate surface area is 187 Å². The Morgan fingerprint density at radius 1 is 0.793 bits per heavy atom. The lowest BCUT2D eigenvalue weighted by Gasteiger charge is -2.10. The molecule has 0 radical (unpaired) electrons. The fourth-order valence-corrected chi connectivity index (χ4v) is 3.95. The molecule has 1 heterocycles. The van der Waals surface area contributed by atoms with Gasteiger partial charge in [0.15, 0.2) is 0 Å². The van der Waals surface area contributed by atoms with Crippen LogP contribution < -0.4 is 4.74 Å². The van der Waals surface area contributed by atoms with Crippen molar-refractivity contribution in [3.63, 3.8) is 0 Å². The van der Waals surface area contributed by atoms with Crippen LogP contribution in [0.5, 0.6) is 5.75 Å². The van der Waals surface area contributed by atoms with E-state index < -0.39 is 0 Å². The van der Waals surface area contributed by atoms with Crippen molar-refractivity contribution in [2.24, 2.45) is 0 Å². The molecule has 0 saturated heterocycles. The first-order chi connectivity index (χ1) is 14.0. The highest BCUT2D eigenvalue weighted by molar-refractivity contribution is 9.10. The van der Waals surface area contributed by atoms with E-state index in [0.29, 0.717) is 6.54 Å². The summed E-state index contributed by atoms with van der Waals surface area (Å²) in [5.74, 6) is 0.856. The molecule has 0 unspecified atom stereocenters. The Bertz CT molecular complexity index is 1120. The van der Waals surface area contributed by atoms with Gasteiger partial charge in [-0.3, -0.25) is 4.68 Å². The Hall–Kier alpha value is -2.37. The van der Waals surface area contributed by atoms with Gasteiger partial charge in [0.1, 0.15) is 5.75 Å². The van der Waals surface area contributed by atoms with Crippen LogP contribution >= 0.6 is 31.9 Å². The summed E-state index contributed by atoms with van der Waals surface area (Å²) in [6.07, 6.45) is 0. The molecule has 0 fully saturated rings. The van der Waals surface area contributed by atoms with Crippen LogP contribution in [0.15, 0.2) is 81.7 Å². The van der Waals surface area contributed by atoms with E-state index in [4.69, 9.17) is 9.84 Å². The quantitative estimate of drug-likeness (QED) is 0.285. The molecule has 0 saturated carbocycles. The van der Waals surface area contributed by atoms with Gasteiger partial charge in [-0.2, -0.15) is 5.10 Å². The van der Waals surface area contributed by atoms with Gasteiger partial charge in [0.05, 0.1) is 25.0 Å². The Morgan fingerprint density at radius 2 is 1.34 bits per heavy atom. The summed E-state index contributed by atoms with van der Waals surface area (Å²) in [7, 11) is 1.68. The smallest absolute Gasteiger partial charge is 0.118 e. The van der Waals surface area contributed by atoms with Crippen LogP contribution in [0.4, 0.5) is 0 Å². The zero-order chi connectivity index (χ0) is 20.4. The van der Waals surface area contributed by atoms with Gasteiger partial charge in [0.25, 0.3) is 0 Å². The maximum atomic E-state index is 5.28. The number of rotatable bonds is 5. The number of aromatic nitrogens is 2. The van der Waals surface area contributed by atoms with E-state index in [1.807, 2.05) is 12.1 Å². The van der Waals surface area contributed by atoms with Gasteiger partial charge in [0.2, 0.25) is 0 Å². The summed E-state index contributed by atoms with van der Waals surface area (Å²) in [5, 5.41) is 5.00. The lowest BCUT2D eigenvalue weighted by Crippen LogP contribution is -2.04. The summed E-state index contributed by atoms with van der Waals surface area (Å²) in [4.78, 5) is 0. The number of methoxy groups -OCH3 is 1. The Morgan fingerprint density at radius 3 is 1.90 bits per heavy atom. The fraction of sp³-hybridized carbons (Fsp3) is 0.125. The van der Waals surface area contributed by atoms with Crippen molar-refractivity contribution in [3.05, 3.63) is 92.9 Å². The van der Waals surface area contributed by atoms with Crippen LogP contribution in [0.25, 0.3) is 22.5 Å². The van der Waals surface area contributed by atoms with Gasteiger partial charge >= 0.3 is 0 Å². The SMILES string of the molecule is COc1ccc(Cn2nc(-c3ccc(Br)cc3)c(C)c2-c2ccc(Br)cc2)cc1.